The molecule has 0 bridgehead atoms. The summed E-state index contributed by atoms with van der Waals surface area (Å²) in [5.41, 5.74) is 0.530. The number of aliphatic hydroxyl groups excluding tert-OH is 1. The van der Waals surface area contributed by atoms with Crippen LogP contribution in [0.1, 0.15) is 191 Å². The lowest BCUT2D eigenvalue weighted by molar-refractivity contribution is -0.192. The molecule has 6 aromatic carbocycles. The van der Waals surface area contributed by atoms with E-state index in [-0.39, 0.29) is 108 Å². The van der Waals surface area contributed by atoms with Crippen LogP contribution in [0, 0.1) is 35.0 Å². The summed E-state index contributed by atoms with van der Waals surface area (Å²) in [7, 11) is 9.32. The summed E-state index contributed by atoms with van der Waals surface area (Å²) in [5, 5.41) is 42.2. The quantitative estimate of drug-likeness (QED) is 0.0149. The number of ether oxygens (including phenoxy) is 3. The number of piperidine rings is 5. The average Bonchev–Trinajstić information content (AvgIpc) is 0.817. The molecule has 0 spiro atoms. The van der Waals surface area contributed by atoms with Crippen LogP contribution in [-0.2, 0) is 67.8 Å². The standard InChI is InChI=1S/C18H21BrF3NO3.C14H15BrF3NO.C13H13BrF3NO.C13H24N2O4.C13H11N.C11H19NO4.C7H3Br2F3.C2HF3O2.C2H7NO.CH2O2.CH4O.ClH/c1-17(2,3)26-16(25)23-6-4-11(5-7-23)15(24)12-8-13(18(20,21)22)10-14(19)9-12;1-19-4-2-9(3-5-19)13(20)10-6-11(14(16,17)18)8-12(15)7-10;14-11-6-9(5-10(7-11)13(15,16)17)12(19)8-1-3-18-4-2-8;1-13(2,3)19-12(17)15-8-6-10(7-9-15)11(16)14(4)18-5;14-13(11-7-3-1-4-8-11)12-9-5-2-6-10-12;1-11(2,3)16-10(15)12-6-4-8(5-7-12)9(13)14;8-5-1-4(7(10,11)12)2-6(9)3-5;3-2(4,5)1(6)7;1-3-4-2;2-1-3;1-2;/h8-11H,4-7H2,1-3H3;6-9H,2-5H2,1H3;5-8,18H,1-4H2;10H,6-9H2,1-5H3;1-10,14H;8H,4-7H2,1-3H3,(H,13,14);1-3H;(H,6,7);3H,1-2H3;1H,(H,2,3);2H,1H3;1H. The minimum atomic E-state index is -5.08. The number of aliphatic carboxylic acids is 2. The maximum Gasteiger partial charge on any atom is 0.490 e. The van der Waals surface area contributed by atoms with Gasteiger partial charge in [-0.25, -0.2) is 29.7 Å². The number of carbonyl (C=O) groups is 10. The van der Waals surface area contributed by atoms with Crippen LogP contribution in [0.25, 0.3) is 0 Å². The van der Waals surface area contributed by atoms with Crippen molar-refractivity contribution in [3.8, 4) is 0 Å². The molecule has 802 valence electrons. The number of benzene rings is 6. The molecule has 0 saturated carbocycles. The Kier molecular flexibility index (Phi) is 59.6. The molecule has 5 heterocycles. The molecule has 4 amide bonds. The lowest BCUT2D eigenvalue weighted by Gasteiger charge is -2.33. The van der Waals surface area contributed by atoms with Gasteiger partial charge in [0.2, 0.25) is 5.91 Å². The summed E-state index contributed by atoms with van der Waals surface area (Å²) in [6.07, 6.45) is -18.0. The molecular formula is C95H121Br5ClF15N8O19. The molecule has 5 aliphatic rings. The first-order chi connectivity index (χ1) is 65.6. The molecule has 0 unspecified atom stereocenters. The molecule has 0 atom stereocenters. The largest absolute Gasteiger partial charge is 0.490 e. The van der Waals surface area contributed by atoms with Crippen LogP contribution in [0.2, 0.25) is 0 Å². The van der Waals surface area contributed by atoms with E-state index in [1.165, 1.54) is 35.3 Å². The smallest absolute Gasteiger partial charge is 0.483 e. The van der Waals surface area contributed by atoms with Crippen molar-refractivity contribution in [2.24, 2.45) is 29.6 Å². The number of Topliss-reactive ketones (excluding diaryl/α,β-unsaturated/α-hetero) is 3. The van der Waals surface area contributed by atoms with Crippen LogP contribution in [0.3, 0.4) is 0 Å². The van der Waals surface area contributed by atoms with Gasteiger partial charge in [0.1, 0.15) is 16.8 Å². The highest BCUT2D eigenvalue weighted by molar-refractivity contribution is 9.11. The minimum absolute atomic E-state index is 0. The van der Waals surface area contributed by atoms with Gasteiger partial charge in [-0.2, -0.15) is 65.9 Å². The Morgan fingerprint density at radius 1 is 0.420 bits per heavy atom. The van der Waals surface area contributed by atoms with E-state index in [1.54, 1.807) is 57.8 Å². The zero-order chi connectivity index (χ0) is 109. The van der Waals surface area contributed by atoms with Gasteiger partial charge in [-0.15, -0.1) is 12.4 Å². The van der Waals surface area contributed by atoms with Crippen LogP contribution in [-0.4, -0.2) is 242 Å². The number of carboxylic acid groups (broad SMARTS) is 3. The Morgan fingerprint density at radius 3 is 0.895 bits per heavy atom. The zero-order valence-electron chi connectivity index (χ0n) is 80.9. The number of aliphatic hydroxyl groups is 1. The number of rotatable bonds is 12. The molecule has 0 radical (unpaired) electrons. The fourth-order valence-corrected chi connectivity index (χ4v) is 15.9. The summed E-state index contributed by atoms with van der Waals surface area (Å²) in [5.74, 6) is -5.47. The Balaban J connectivity index is 0.00000161. The second-order valence-corrected chi connectivity index (χ2v) is 39.1. The molecule has 6 aromatic rings. The number of hydrogen-bond donors (Lipinski definition) is 7. The molecule has 48 heteroatoms. The lowest BCUT2D eigenvalue weighted by atomic mass is 9.88. The summed E-state index contributed by atoms with van der Waals surface area (Å²) in [6, 6.07) is 33.2. The molecule has 0 aliphatic carbocycles. The zero-order valence-corrected chi connectivity index (χ0v) is 89.7. The van der Waals surface area contributed by atoms with Crippen LogP contribution >= 0.6 is 92.1 Å². The third kappa shape index (κ3) is 53.3. The topological polar surface area (TPSA) is 362 Å². The van der Waals surface area contributed by atoms with E-state index in [4.69, 9.17) is 54.5 Å². The highest BCUT2D eigenvalue weighted by Crippen LogP contribution is 2.39. The van der Waals surface area contributed by atoms with Gasteiger partial charge in [0.15, 0.2) is 17.3 Å². The Morgan fingerprint density at radius 2 is 0.657 bits per heavy atom. The van der Waals surface area contributed by atoms with Crippen LogP contribution in [0.4, 0.5) is 80.2 Å². The van der Waals surface area contributed by atoms with Crippen molar-refractivity contribution in [3.05, 3.63) is 206 Å². The highest BCUT2D eigenvalue weighted by Gasteiger charge is 2.41. The molecule has 5 saturated heterocycles. The van der Waals surface area contributed by atoms with E-state index >= 15 is 0 Å². The summed E-state index contributed by atoms with van der Waals surface area (Å²) < 4.78 is 201. The van der Waals surface area contributed by atoms with Gasteiger partial charge >= 0.3 is 61.1 Å². The molecule has 5 fully saturated rings. The third-order valence-corrected chi connectivity index (χ3v) is 22.5. The van der Waals surface area contributed by atoms with Crippen molar-refractivity contribution in [1.82, 2.24) is 35.5 Å². The summed E-state index contributed by atoms with van der Waals surface area (Å²) >= 11 is 15.1. The normalized spacial score (nSPS) is 15.0. The van der Waals surface area contributed by atoms with Crippen LogP contribution in [0.5, 0.6) is 0 Å². The Labute approximate surface area is 868 Å². The Hall–Kier alpha value is -8.91. The molecule has 27 nitrogen and oxygen atoms in total. The number of hydrogen-bond acceptors (Lipinski definition) is 20. The second-order valence-electron chi connectivity index (χ2n) is 34.5. The van der Waals surface area contributed by atoms with Gasteiger partial charge in [0, 0.05) is 123 Å². The van der Waals surface area contributed by atoms with Crippen LogP contribution < -0.4 is 10.8 Å². The minimum Gasteiger partial charge on any atom is -0.483 e. The Bertz CT molecular complexity index is 4900. The predicted molar refractivity (Wildman–Crippen MR) is 525 cm³/mol. The first-order valence-electron chi connectivity index (χ1n) is 43.5. The predicted octanol–water partition coefficient (Wildman–Crippen LogP) is 23.8. The van der Waals surface area contributed by atoms with Gasteiger partial charge in [-0.1, -0.05) is 140 Å². The summed E-state index contributed by atoms with van der Waals surface area (Å²) in [4.78, 5) is 129. The van der Waals surface area contributed by atoms with E-state index in [0.717, 1.165) is 92.9 Å². The number of nitrogens with one attached hydrogen (secondary N) is 3. The fraction of sp³-hybridized carbons (Fsp3) is 0.505. The average molecular weight is 2400 g/mol. The van der Waals surface area contributed by atoms with E-state index in [2.05, 4.69) is 100 Å². The maximum absolute atomic E-state index is 12.9. The number of nitrogens with zero attached hydrogens (tertiary/aromatic N) is 5. The van der Waals surface area contributed by atoms with Gasteiger partial charge in [0.25, 0.3) is 6.47 Å². The molecular weight excluding hydrogens is 2280 g/mol. The first kappa shape index (κ1) is 134. The molecule has 11 rings (SSSR count). The first-order valence-corrected chi connectivity index (χ1v) is 47.4. The highest BCUT2D eigenvalue weighted by atomic mass is 79.9. The van der Waals surface area contributed by atoms with Crippen molar-refractivity contribution in [2.75, 3.05) is 108 Å². The number of halogens is 21. The SMILES string of the molecule is CC(C)(C)OC(=O)N1CCC(C(=O)O)CC1.CC(C)(C)OC(=O)N1CCC(C(=O)c2cc(Br)cc(C(F)(F)F)c2)CC1.CN1CCC(C(=O)c2cc(Br)cc(C(F)(F)F)c2)CC1.CNOC.CO.CON(C)C(=O)C1CCN(C(=O)OC(C)(C)C)CC1.Cl.FC(F)(F)c1cc(Br)cc(Br)c1.N=C(c1ccccc1)c1ccccc1.O=C(O)C(F)(F)F.O=C(c1cc(Br)cc(C(F)(F)F)c1)C1CCNCC1.O=CO. The van der Waals surface area contributed by atoms with E-state index in [9.17, 15) is 104 Å². The van der Waals surface area contributed by atoms with E-state index in [1.807, 2.05) is 109 Å². The van der Waals surface area contributed by atoms with Crippen molar-refractivity contribution in [3.63, 3.8) is 0 Å². The third-order valence-electron chi connectivity index (χ3n) is 20.2. The van der Waals surface area contributed by atoms with Gasteiger partial charge in [-0.3, -0.25) is 39.0 Å². The molecule has 5 aliphatic heterocycles. The summed E-state index contributed by atoms with van der Waals surface area (Å²) in [6.45, 7) is 21.8. The van der Waals surface area contributed by atoms with Crippen molar-refractivity contribution < 1.29 is 158 Å². The van der Waals surface area contributed by atoms with E-state index < -0.39 is 93.9 Å². The maximum atomic E-state index is 12.9. The number of amides is 4. The lowest BCUT2D eigenvalue weighted by Crippen LogP contribution is -2.45. The van der Waals surface area contributed by atoms with Crippen LogP contribution in [0.15, 0.2) is 156 Å². The van der Waals surface area contributed by atoms with Crippen molar-refractivity contribution in [2.45, 2.75) is 174 Å². The molecule has 7 N–H and O–H groups in total. The van der Waals surface area contributed by atoms with Gasteiger partial charge < -0.3 is 64.4 Å². The fourth-order valence-electron chi connectivity index (χ4n) is 13.1. The number of ketones is 3. The van der Waals surface area contributed by atoms with Gasteiger partial charge in [-0.05, 0) is 244 Å². The van der Waals surface area contributed by atoms with Crippen molar-refractivity contribution in [1.29, 1.82) is 5.41 Å². The molecule has 0 aromatic heterocycles. The molecule has 143 heavy (non-hydrogen) atoms. The monoisotopic (exact) mass is 2390 g/mol. The van der Waals surface area contributed by atoms with E-state index in [0.29, 0.717) is 118 Å². The van der Waals surface area contributed by atoms with Crippen molar-refractivity contribution >= 4 is 158 Å². The number of carboxylic acids is 2. The van der Waals surface area contributed by atoms with Gasteiger partial charge in [0.05, 0.1) is 48.1 Å². The second kappa shape index (κ2) is 63.6. The number of alkyl halides is 15. The number of carbonyl (C=O) groups excluding carboxylic acids is 7. The number of likely N-dealkylation sites (tertiary alicyclic amines) is 4. The number of hydroxylamine groups is 3.